The lowest BCUT2D eigenvalue weighted by molar-refractivity contribution is -0.123. The van der Waals surface area contributed by atoms with E-state index >= 15 is 0 Å². The fraction of sp³-hybridized carbons (Fsp3) is 0.533. The maximum Gasteiger partial charge on any atom is 0.238 e. The molecule has 1 saturated heterocycles. The Labute approximate surface area is 115 Å². The Hall–Kier alpha value is -1.39. The van der Waals surface area contributed by atoms with Crippen LogP contribution in [0.4, 0.5) is 0 Å². The average molecular weight is 261 g/mol. The zero-order chi connectivity index (χ0) is 13.7. The summed E-state index contributed by atoms with van der Waals surface area (Å²) in [6.45, 7) is 6.45. The van der Waals surface area contributed by atoms with E-state index in [1.807, 2.05) is 12.1 Å². The summed E-state index contributed by atoms with van der Waals surface area (Å²) in [4.78, 5) is 12.0. The van der Waals surface area contributed by atoms with E-state index in [2.05, 4.69) is 41.9 Å². The smallest absolute Gasteiger partial charge is 0.238 e. The Morgan fingerprint density at radius 3 is 2.79 bits per heavy atom. The van der Waals surface area contributed by atoms with Gasteiger partial charge in [0.05, 0.1) is 6.04 Å². The second kappa shape index (κ2) is 6.68. The maximum absolute atomic E-state index is 12.0. The lowest BCUT2D eigenvalue weighted by Gasteiger charge is -2.28. The summed E-state index contributed by atoms with van der Waals surface area (Å²) < 4.78 is 0. The zero-order valence-electron chi connectivity index (χ0n) is 11.7. The average Bonchev–Trinajstić information content (AvgIpc) is 2.41. The molecule has 2 unspecified atom stereocenters. The number of benzene rings is 1. The van der Waals surface area contributed by atoms with Gasteiger partial charge in [0.25, 0.3) is 0 Å². The molecule has 2 rings (SSSR count). The van der Waals surface area contributed by atoms with Crippen LogP contribution < -0.4 is 16.0 Å². The number of piperazine rings is 1. The van der Waals surface area contributed by atoms with Crippen molar-refractivity contribution in [3.63, 3.8) is 0 Å². The molecule has 0 aromatic heterocycles. The molecule has 19 heavy (non-hydrogen) atoms. The molecule has 104 valence electrons. The molecule has 0 aliphatic carbocycles. The quantitative estimate of drug-likeness (QED) is 0.744. The van der Waals surface area contributed by atoms with Crippen LogP contribution >= 0.6 is 0 Å². The number of hydrogen-bond acceptors (Lipinski definition) is 3. The van der Waals surface area contributed by atoms with Gasteiger partial charge in [0, 0.05) is 25.7 Å². The molecular formula is C15H23N3O. The van der Waals surface area contributed by atoms with Gasteiger partial charge in [-0.3, -0.25) is 4.79 Å². The minimum Gasteiger partial charge on any atom is -0.354 e. The van der Waals surface area contributed by atoms with Crippen molar-refractivity contribution < 1.29 is 4.79 Å². The Morgan fingerprint density at radius 2 is 2.11 bits per heavy atom. The molecule has 0 spiro atoms. The second-order valence-electron chi connectivity index (χ2n) is 5.24. The molecule has 1 aromatic rings. The summed E-state index contributed by atoms with van der Waals surface area (Å²) in [6, 6.07) is 8.63. The number of rotatable bonds is 4. The van der Waals surface area contributed by atoms with E-state index in [4.69, 9.17) is 0 Å². The third-order valence-corrected chi connectivity index (χ3v) is 3.61. The first-order chi connectivity index (χ1) is 9.16. The predicted octanol–water partition coefficient (Wildman–Crippen LogP) is 0.604. The Bertz CT molecular complexity index is 425. The first-order valence-corrected chi connectivity index (χ1v) is 6.96. The minimum atomic E-state index is -0.104. The Balaban J connectivity index is 1.74. The number of carbonyl (C=O) groups is 1. The van der Waals surface area contributed by atoms with E-state index in [0.29, 0.717) is 19.1 Å². The molecule has 1 aliphatic rings. The number of nitrogens with one attached hydrogen (secondary N) is 3. The van der Waals surface area contributed by atoms with Crippen molar-refractivity contribution in [3.8, 4) is 0 Å². The first-order valence-electron chi connectivity index (χ1n) is 6.96. The lowest BCUT2D eigenvalue weighted by Crippen LogP contribution is -2.59. The fourth-order valence-corrected chi connectivity index (χ4v) is 2.30. The van der Waals surface area contributed by atoms with Crippen LogP contribution in [0.1, 0.15) is 18.1 Å². The van der Waals surface area contributed by atoms with Crippen LogP contribution in [0, 0.1) is 6.92 Å². The van der Waals surface area contributed by atoms with Crippen molar-refractivity contribution in [1.82, 2.24) is 16.0 Å². The van der Waals surface area contributed by atoms with Crippen LogP contribution in [0.2, 0.25) is 0 Å². The van der Waals surface area contributed by atoms with Crippen LogP contribution in [0.3, 0.4) is 0 Å². The van der Waals surface area contributed by atoms with Gasteiger partial charge < -0.3 is 16.0 Å². The van der Waals surface area contributed by atoms with Crippen molar-refractivity contribution in [2.45, 2.75) is 32.4 Å². The number of amides is 1. The Kier molecular flexibility index (Phi) is 4.93. The van der Waals surface area contributed by atoms with Crippen molar-refractivity contribution in [2.24, 2.45) is 0 Å². The van der Waals surface area contributed by atoms with Gasteiger partial charge in [-0.25, -0.2) is 0 Å². The molecule has 1 fully saturated rings. The van der Waals surface area contributed by atoms with Crippen molar-refractivity contribution in [1.29, 1.82) is 0 Å². The monoisotopic (exact) mass is 261 g/mol. The SMILES string of the molecule is Cc1ccccc1CCNC(=O)C1CNC(C)CN1. The molecule has 2 atom stereocenters. The molecular weight excluding hydrogens is 238 g/mol. The predicted molar refractivity (Wildman–Crippen MR) is 77.1 cm³/mol. The fourth-order valence-electron chi connectivity index (χ4n) is 2.30. The van der Waals surface area contributed by atoms with Crippen molar-refractivity contribution in [3.05, 3.63) is 35.4 Å². The molecule has 4 heteroatoms. The summed E-state index contributed by atoms with van der Waals surface area (Å²) in [6.07, 6.45) is 0.884. The van der Waals surface area contributed by atoms with Gasteiger partial charge in [-0.1, -0.05) is 24.3 Å². The van der Waals surface area contributed by atoms with E-state index in [1.54, 1.807) is 0 Å². The number of aryl methyl sites for hydroxylation is 1. The molecule has 1 heterocycles. The summed E-state index contributed by atoms with van der Waals surface area (Å²) in [7, 11) is 0. The van der Waals surface area contributed by atoms with Crippen LogP contribution in [-0.4, -0.2) is 37.6 Å². The van der Waals surface area contributed by atoms with Crippen LogP contribution in [0.25, 0.3) is 0 Å². The van der Waals surface area contributed by atoms with Gasteiger partial charge >= 0.3 is 0 Å². The number of carbonyl (C=O) groups excluding carboxylic acids is 1. The van der Waals surface area contributed by atoms with E-state index in [0.717, 1.165) is 13.0 Å². The molecule has 1 aromatic carbocycles. The summed E-state index contributed by atoms with van der Waals surface area (Å²) >= 11 is 0. The third-order valence-electron chi connectivity index (χ3n) is 3.61. The summed E-state index contributed by atoms with van der Waals surface area (Å²) in [5.74, 6) is 0.0907. The van der Waals surface area contributed by atoms with E-state index in [9.17, 15) is 4.79 Å². The largest absolute Gasteiger partial charge is 0.354 e. The molecule has 4 nitrogen and oxygen atoms in total. The van der Waals surface area contributed by atoms with E-state index in [1.165, 1.54) is 11.1 Å². The van der Waals surface area contributed by atoms with Gasteiger partial charge in [-0.05, 0) is 31.4 Å². The van der Waals surface area contributed by atoms with Crippen LogP contribution in [0.5, 0.6) is 0 Å². The highest BCUT2D eigenvalue weighted by molar-refractivity contribution is 5.82. The molecule has 1 aliphatic heterocycles. The second-order valence-corrected chi connectivity index (χ2v) is 5.24. The standard InChI is InChI=1S/C15H23N3O/c1-11-5-3-4-6-13(11)7-8-16-15(19)14-10-17-12(2)9-18-14/h3-6,12,14,17-18H,7-10H2,1-2H3,(H,16,19). The van der Waals surface area contributed by atoms with Crippen molar-refractivity contribution in [2.75, 3.05) is 19.6 Å². The molecule has 0 bridgehead atoms. The Morgan fingerprint density at radius 1 is 1.32 bits per heavy atom. The molecule has 0 saturated carbocycles. The number of hydrogen-bond donors (Lipinski definition) is 3. The van der Waals surface area contributed by atoms with E-state index < -0.39 is 0 Å². The van der Waals surface area contributed by atoms with Crippen LogP contribution in [0.15, 0.2) is 24.3 Å². The minimum absolute atomic E-state index is 0.0907. The highest BCUT2D eigenvalue weighted by atomic mass is 16.2. The highest BCUT2D eigenvalue weighted by Crippen LogP contribution is 2.06. The third kappa shape index (κ3) is 4.04. The first kappa shape index (κ1) is 14.0. The van der Waals surface area contributed by atoms with Gasteiger partial charge in [-0.2, -0.15) is 0 Å². The summed E-state index contributed by atoms with van der Waals surface area (Å²) in [5.41, 5.74) is 2.58. The van der Waals surface area contributed by atoms with Gasteiger partial charge in [-0.15, -0.1) is 0 Å². The van der Waals surface area contributed by atoms with Crippen molar-refractivity contribution >= 4 is 5.91 Å². The summed E-state index contributed by atoms with van der Waals surface area (Å²) in [5, 5.41) is 9.56. The highest BCUT2D eigenvalue weighted by Gasteiger charge is 2.22. The molecule has 0 radical (unpaired) electrons. The van der Waals surface area contributed by atoms with Gasteiger partial charge in [0.2, 0.25) is 5.91 Å². The topological polar surface area (TPSA) is 53.2 Å². The van der Waals surface area contributed by atoms with Gasteiger partial charge in [0.15, 0.2) is 0 Å². The molecule has 1 amide bonds. The van der Waals surface area contributed by atoms with E-state index in [-0.39, 0.29) is 11.9 Å². The van der Waals surface area contributed by atoms with Crippen LogP contribution in [-0.2, 0) is 11.2 Å². The maximum atomic E-state index is 12.0. The normalized spacial score (nSPS) is 23.1. The molecule has 3 N–H and O–H groups in total. The zero-order valence-corrected chi connectivity index (χ0v) is 11.7. The van der Waals surface area contributed by atoms with Gasteiger partial charge in [0.1, 0.15) is 0 Å². The lowest BCUT2D eigenvalue weighted by atomic mass is 10.1.